The van der Waals surface area contributed by atoms with Crippen molar-refractivity contribution in [2.45, 2.75) is 39.3 Å². The standard InChI is InChI=1S/C20H22N4O3/c1-12-16(13(2)27-22-12)11-24-15-8-7-14(19(24)25)9-23(10-15)20-21-17-5-3-4-6-18(17)26-20/h3-6,14-15H,7-11H2,1-2H3/t14-,15+/m0/s1. The molecule has 3 aliphatic rings. The van der Waals surface area contributed by atoms with E-state index in [9.17, 15) is 4.79 Å². The molecule has 1 amide bonds. The molecule has 2 atom stereocenters. The van der Waals surface area contributed by atoms with Crippen LogP contribution in [-0.2, 0) is 11.3 Å². The van der Waals surface area contributed by atoms with Crippen LogP contribution in [0.3, 0.4) is 0 Å². The van der Waals surface area contributed by atoms with Gasteiger partial charge in [-0.25, -0.2) is 0 Å². The number of rotatable bonds is 3. The lowest BCUT2D eigenvalue weighted by molar-refractivity contribution is -0.140. The Hall–Kier alpha value is -2.83. The van der Waals surface area contributed by atoms with Crippen LogP contribution in [0.15, 0.2) is 33.2 Å². The number of amides is 1. The smallest absolute Gasteiger partial charge is 0.298 e. The van der Waals surface area contributed by atoms with Gasteiger partial charge >= 0.3 is 0 Å². The molecule has 6 rings (SSSR count). The molecule has 0 radical (unpaired) electrons. The predicted molar refractivity (Wildman–Crippen MR) is 99.3 cm³/mol. The lowest BCUT2D eigenvalue weighted by atomic mass is 9.93. The fourth-order valence-electron chi connectivity index (χ4n) is 4.30. The van der Waals surface area contributed by atoms with Crippen molar-refractivity contribution in [3.8, 4) is 0 Å². The number of oxazole rings is 1. The van der Waals surface area contributed by atoms with E-state index in [1.807, 2.05) is 43.0 Å². The zero-order chi connectivity index (χ0) is 18.5. The number of para-hydroxylation sites is 2. The third-order valence-corrected chi connectivity index (χ3v) is 5.86. The van der Waals surface area contributed by atoms with E-state index in [1.165, 1.54) is 0 Å². The zero-order valence-electron chi connectivity index (χ0n) is 15.5. The minimum Gasteiger partial charge on any atom is -0.423 e. The van der Waals surface area contributed by atoms with Crippen LogP contribution >= 0.6 is 0 Å². The quantitative estimate of drug-likeness (QED) is 0.709. The number of hydrogen-bond donors (Lipinski definition) is 0. The highest BCUT2D eigenvalue weighted by atomic mass is 16.5. The van der Waals surface area contributed by atoms with Gasteiger partial charge in [0.2, 0.25) is 5.91 Å². The van der Waals surface area contributed by atoms with Gasteiger partial charge < -0.3 is 18.7 Å². The van der Waals surface area contributed by atoms with Crippen molar-refractivity contribution in [3.63, 3.8) is 0 Å². The summed E-state index contributed by atoms with van der Waals surface area (Å²) in [6, 6.07) is 8.52. The maximum absolute atomic E-state index is 13.1. The highest BCUT2D eigenvalue weighted by molar-refractivity contribution is 5.81. The number of fused-ring (bicyclic) bond motifs is 5. The van der Waals surface area contributed by atoms with Crippen molar-refractivity contribution < 1.29 is 13.7 Å². The maximum Gasteiger partial charge on any atom is 0.298 e. The Kier molecular flexibility index (Phi) is 3.70. The lowest BCUT2D eigenvalue weighted by Gasteiger charge is -2.35. The summed E-state index contributed by atoms with van der Waals surface area (Å²) < 4.78 is 11.2. The van der Waals surface area contributed by atoms with Gasteiger partial charge in [-0.05, 0) is 38.8 Å². The van der Waals surface area contributed by atoms with Crippen LogP contribution in [0.1, 0.15) is 29.9 Å². The van der Waals surface area contributed by atoms with Gasteiger partial charge in [0, 0.05) is 24.7 Å². The van der Waals surface area contributed by atoms with Gasteiger partial charge in [-0.1, -0.05) is 17.3 Å². The van der Waals surface area contributed by atoms with Crippen molar-refractivity contribution in [1.82, 2.24) is 15.0 Å². The van der Waals surface area contributed by atoms with Crippen molar-refractivity contribution >= 4 is 23.0 Å². The molecular weight excluding hydrogens is 344 g/mol. The molecular formula is C20H22N4O3. The fourth-order valence-corrected chi connectivity index (χ4v) is 4.30. The molecule has 0 unspecified atom stereocenters. The molecule has 1 aromatic carbocycles. The largest absolute Gasteiger partial charge is 0.423 e. The summed E-state index contributed by atoms with van der Waals surface area (Å²) in [5.74, 6) is 0.973. The first kappa shape index (κ1) is 16.4. The number of nitrogens with zero attached hydrogens (tertiary/aromatic N) is 4. The Balaban J connectivity index is 1.44. The number of aryl methyl sites for hydroxylation is 2. The second-order valence-electron chi connectivity index (χ2n) is 7.57. The van der Waals surface area contributed by atoms with Gasteiger partial charge in [-0.15, -0.1) is 0 Å². The lowest BCUT2D eigenvalue weighted by Crippen LogP contribution is -2.47. The first-order valence-corrected chi connectivity index (χ1v) is 9.43. The predicted octanol–water partition coefficient (Wildman–Crippen LogP) is 3.06. The van der Waals surface area contributed by atoms with Crippen molar-refractivity contribution in [3.05, 3.63) is 41.3 Å². The van der Waals surface area contributed by atoms with E-state index in [0.29, 0.717) is 19.1 Å². The molecule has 2 bridgehead atoms. The van der Waals surface area contributed by atoms with E-state index in [4.69, 9.17) is 8.94 Å². The monoisotopic (exact) mass is 366 g/mol. The molecule has 7 heteroatoms. The third kappa shape index (κ3) is 2.69. The second-order valence-corrected chi connectivity index (χ2v) is 7.57. The number of carbonyl (C=O) groups excluding carboxylic acids is 1. The van der Waals surface area contributed by atoms with Crippen LogP contribution in [0, 0.1) is 19.8 Å². The minimum atomic E-state index is -0.0285. The van der Waals surface area contributed by atoms with E-state index >= 15 is 0 Å². The summed E-state index contributed by atoms with van der Waals surface area (Å²) in [5, 5.41) is 4.03. The fraction of sp³-hybridized carbons (Fsp3) is 0.450. The maximum atomic E-state index is 13.1. The van der Waals surface area contributed by atoms with E-state index in [2.05, 4.69) is 15.0 Å². The number of hydrogen-bond acceptors (Lipinski definition) is 6. The first-order valence-electron chi connectivity index (χ1n) is 9.43. The molecule has 0 aliphatic carbocycles. The summed E-state index contributed by atoms with van der Waals surface area (Å²) in [4.78, 5) is 21.9. The Morgan fingerprint density at radius 2 is 2.04 bits per heavy atom. The minimum absolute atomic E-state index is 0.0285. The van der Waals surface area contributed by atoms with Crippen molar-refractivity contribution in [2.75, 3.05) is 18.0 Å². The molecule has 3 aromatic rings. The van der Waals surface area contributed by atoms with Crippen molar-refractivity contribution in [2.24, 2.45) is 5.92 Å². The molecule has 2 aromatic heterocycles. The summed E-state index contributed by atoms with van der Waals surface area (Å²) in [5.41, 5.74) is 3.51. The number of benzene rings is 1. The molecule has 5 heterocycles. The van der Waals surface area contributed by atoms with Gasteiger partial charge in [-0.3, -0.25) is 4.79 Å². The Morgan fingerprint density at radius 3 is 2.81 bits per heavy atom. The van der Waals surface area contributed by atoms with Crippen LogP contribution in [0.25, 0.3) is 11.1 Å². The van der Waals surface area contributed by atoms with Crippen LogP contribution in [-0.4, -0.2) is 40.1 Å². The van der Waals surface area contributed by atoms with Crippen LogP contribution in [0.4, 0.5) is 6.01 Å². The molecule has 0 saturated carbocycles. The van der Waals surface area contributed by atoms with Gasteiger partial charge in [0.1, 0.15) is 11.3 Å². The molecule has 0 spiro atoms. The van der Waals surface area contributed by atoms with Gasteiger partial charge in [-0.2, -0.15) is 4.98 Å². The summed E-state index contributed by atoms with van der Waals surface area (Å²) in [7, 11) is 0. The second kappa shape index (κ2) is 6.11. The number of piperidine rings is 1. The molecule has 7 nitrogen and oxygen atoms in total. The first-order chi connectivity index (χ1) is 13.1. The molecule has 0 N–H and O–H groups in total. The molecule has 27 heavy (non-hydrogen) atoms. The molecule has 140 valence electrons. The number of aromatic nitrogens is 2. The highest BCUT2D eigenvalue weighted by Crippen LogP contribution is 2.34. The van der Waals surface area contributed by atoms with E-state index < -0.39 is 0 Å². The normalized spacial score (nSPS) is 22.7. The summed E-state index contributed by atoms with van der Waals surface area (Å²) in [6.07, 6.45) is 1.91. The van der Waals surface area contributed by atoms with E-state index in [0.717, 1.165) is 47.5 Å². The highest BCUT2D eigenvalue weighted by Gasteiger charge is 2.42. The number of anilines is 1. The van der Waals surface area contributed by atoms with E-state index in [1.54, 1.807) is 0 Å². The third-order valence-electron chi connectivity index (χ3n) is 5.86. The Bertz CT molecular complexity index is 955. The average molecular weight is 366 g/mol. The van der Waals surface area contributed by atoms with Crippen LogP contribution in [0.2, 0.25) is 0 Å². The van der Waals surface area contributed by atoms with Gasteiger partial charge in [0.25, 0.3) is 6.01 Å². The van der Waals surface area contributed by atoms with Gasteiger partial charge in [0.15, 0.2) is 5.58 Å². The SMILES string of the molecule is Cc1noc(C)c1CN1C(=O)[C@H]2CC[C@@H]1CN(c1nc3ccccc3o1)C2. The summed E-state index contributed by atoms with van der Waals surface area (Å²) in [6.45, 7) is 5.78. The summed E-state index contributed by atoms with van der Waals surface area (Å²) >= 11 is 0. The van der Waals surface area contributed by atoms with Crippen LogP contribution < -0.4 is 4.90 Å². The Morgan fingerprint density at radius 1 is 1.19 bits per heavy atom. The van der Waals surface area contributed by atoms with Crippen molar-refractivity contribution in [1.29, 1.82) is 0 Å². The van der Waals surface area contributed by atoms with E-state index in [-0.39, 0.29) is 17.9 Å². The zero-order valence-corrected chi connectivity index (χ0v) is 15.5. The average Bonchev–Trinajstić information content (AvgIpc) is 3.11. The molecule has 3 saturated heterocycles. The Labute approximate surface area is 156 Å². The van der Waals surface area contributed by atoms with Crippen LogP contribution in [0.5, 0.6) is 0 Å². The molecule has 3 aliphatic heterocycles. The number of carbonyl (C=O) groups is 1. The van der Waals surface area contributed by atoms with Gasteiger partial charge in [0.05, 0.1) is 18.2 Å². The topological polar surface area (TPSA) is 75.6 Å². The molecule has 3 fully saturated rings.